The van der Waals surface area contributed by atoms with Gasteiger partial charge in [0.2, 0.25) is 0 Å². The number of nitrogens with two attached hydrogens (primary N) is 1. The van der Waals surface area contributed by atoms with Crippen LogP contribution in [0.2, 0.25) is 0 Å². The van der Waals surface area contributed by atoms with E-state index in [-0.39, 0.29) is 12.5 Å². The maximum atomic E-state index is 11.4. The highest BCUT2D eigenvalue weighted by atomic mass is 16.4. The number of nitrogen functional groups attached to an aromatic ring is 1. The van der Waals surface area contributed by atoms with Crippen LogP contribution in [0, 0.1) is 5.92 Å². The molecule has 1 aromatic rings. The van der Waals surface area contributed by atoms with Crippen molar-refractivity contribution in [3.05, 3.63) is 29.8 Å². The van der Waals surface area contributed by atoms with Crippen molar-refractivity contribution in [3.63, 3.8) is 0 Å². The molecule has 1 aliphatic rings. The van der Waals surface area contributed by atoms with Gasteiger partial charge in [-0.1, -0.05) is 12.1 Å². The molecule has 6 nitrogen and oxygen atoms in total. The summed E-state index contributed by atoms with van der Waals surface area (Å²) in [6.45, 7) is 0.617. The van der Waals surface area contributed by atoms with E-state index >= 15 is 0 Å². The standard InChI is InChI=1S/C14H18N2O4/c15-10-3-1-9(2-4-10)11-5-7-16(14(19)20)8-6-12(11)13(17)18/h1-4,11-12H,5-8,15H2,(H,17,18)(H,19,20)/t11-,12+/m0/s1. The van der Waals surface area contributed by atoms with Gasteiger partial charge in [0.15, 0.2) is 0 Å². The molecule has 2 rings (SSSR count). The number of rotatable bonds is 2. The van der Waals surface area contributed by atoms with E-state index in [2.05, 4.69) is 0 Å². The van der Waals surface area contributed by atoms with Crippen LogP contribution in [-0.4, -0.2) is 40.3 Å². The summed E-state index contributed by atoms with van der Waals surface area (Å²) in [4.78, 5) is 23.8. The molecule has 108 valence electrons. The second kappa shape index (κ2) is 5.81. The summed E-state index contributed by atoms with van der Waals surface area (Å²) < 4.78 is 0. The number of benzene rings is 1. The van der Waals surface area contributed by atoms with E-state index in [1.165, 1.54) is 4.90 Å². The summed E-state index contributed by atoms with van der Waals surface area (Å²) in [5.74, 6) is -1.63. The number of amides is 1. The number of hydrogen-bond acceptors (Lipinski definition) is 3. The fraction of sp³-hybridized carbons (Fsp3) is 0.429. The van der Waals surface area contributed by atoms with Gasteiger partial charge in [-0.15, -0.1) is 0 Å². The molecule has 20 heavy (non-hydrogen) atoms. The Labute approximate surface area is 116 Å². The highest BCUT2D eigenvalue weighted by Crippen LogP contribution is 2.34. The smallest absolute Gasteiger partial charge is 0.407 e. The lowest BCUT2D eigenvalue weighted by atomic mass is 9.82. The summed E-state index contributed by atoms with van der Waals surface area (Å²) in [6.07, 6.45) is -0.156. The van der Waals surface area contributed by atoms with E-state index in [9.17, 15) is 14.7 Å². The van der Waals surface area contributed by atoms with Gasteiger partial charge < -0.3 is 20.8 Å². The molecule has 6 heteroatoms. The average molecular weight is 278 g/mol. The lowest BCUT2D eigenvalue weighted by Crippen LogP contribution is -2.30. The minimum Gasteiger partial charge on any atom is -0.481 e. The van der Waals surface area contributed by atoms with Crippen LogP contribution in [0.3, 0.4) is 0 Å². The Morgan fingerprint density at radius 1 is 1.10 bits per heavy atom. The van der Waals surface area contributed by atoms with Crippen molar-refractivity contribution in [3.8, 4) is 0 Å². The van der Waals surface area contributed by atoms with E-state index in [1.807, 2.05) is 12.1 Å². The van der Waals surface area contributed by atoms with Crippen molar-refractivity contribution in [2.24, 2.45) is 5.92 Å². The van der Waals surface area contributed by atoms with Gasteiger partial charge >= 0.3 is 12.1 Å². The highest BCUT2D eigenvalue weighted by Gasteiger charge is 2.33. The number of carbonyl (C=O) groups is 2. The molecule has 1 amide bonds. The maximum Gasteiger partial charge on any atom is 0.407 e. The highest BCUT2D eigenvalue weighted by molar-refractivity contribution is 5.72. The fourth-order valence-electron chi connectivity index (χ4n) is 2.73. The van der Waals surface area contributed by atoms with Crippen molar-refractivity contribution < 1.29 is 19.8 Å². The van der Waals surface area contributed by atoms with Crippen LogP contribution in [0.15, 0.2) is 24.3 Å². The Morgan fingerprint density at radius 3 is 2.25 bits per heavy atom. The summed E-state index contributed by atoms with van der Waals surface area (Å²) in [6, 6.07) is 7.14. The van der Waals surface area contributed by atoms with Crippen molar-refractivity contribution in [2.75, 3.05) is 18.8 Å². The van der Waals surface area contributed by atoms with Crippen LogP contribution in [0.1, 0.15) is 24.3 Å². The number of likely N-dealkylation sites (tertiary alicyclic amines) is 1. The summed E-state index contributed by atoms with van der Waals surface area (Å²) in [7, 11) is 0. The first-order valence-corrected chi connectivity index (χ1v) is 6.55. The summed E-state index contributed by atoms with van der Waals surface area (Å²) >= 11 is 0. The Bertz CT molecular complexity index is 500. The zero-order chi connectivity index (χ0) is 14.7. The summed E-state index contributed by atoms with van der Waals surface area (Å²) in [5.41, 5.74) is 7.17. The molecule has 0 aromatic heterocycles. The van der Waals surface area contributed by atoms with Gasteiger partial charge in [0.25, 0.3) is 0 Å². The second-order valence-electron chi connectivity index (χ2n) is 5.06. The zero-order valence-corrected chi connectivity index (χ0v) is 11.0. The Hall–Kier alpha value is -2.24. The molecule has 0 saturated carbocycles. The van der Waals surface area contributed by atoms with E-state index in [0.29, 0.717) is 25.1 Å². The second-order valence-corrected chi connectivity index (χ2v) is 5.06. The number of carboxylic acid groups (broad SMARTS) is 2. The van der Waals surface area contributed by atoms with Crippen LogP contribution in [0.5, 0.6) is 0 Å². The van der Waals surface area contributed by atoms with Gasteiger partial charge in [0, 0.05) is 18.8 Å². The topological polar surface area (TPSA) is 104 Å². The van der Waals surface area contributed by atoms with Gasteiger partial charge in [0.05, 0.1) is 5.92 Å². The number of anilines is 1. The predicted molar refractivity (Wildman–Crippen MR) is 73.6 cm³/mol. The first kappa shape index (κ1) is 14.2. The van der Waals surface area contributed by atoms with Gasteiger partial charge in [0.1, 0.15) is 0 Å². The molecule has 1 aromatic carbocycles. The molecular formula is C14H18N2O4. The minimum absolute atomic E-state index is 0.183. The van der Waals surface area contributed by atoms with E-state index in [4.69, 9.17) is 10.8 Å². The Balaban J connectivity index is 2.25. The SMILES string of the molecule is Nc1ccc([C@@H]2CCN(C(=O)O)CC[C@H]2C(=O)O)cc1. The first-order valence-electron chi connectivity index (χ1n) is 6.55. The van der Waals surface area contributed by atoms with Gasteiger partial charge in [-0.2, -0.15) is 0 Å². The Kier molecular flexibility index (Phi) is 4.12. The van der Waals surface area contributed by atoms with Gasteiger partial charge in [-0.25, -0.2) is 4.79 Å². The normalized spacial score (nSPS) is 23.1. The van der Waals surface area contributed by atoms with Crippen LogP contribution >= 0.6 is 0 Å². The van der Waals surface area contributed by atoms with Crippen molar-refractivity contribution >= 4 is 17.7 Å². The van der Waals surface area contributed by atoms with Crippen molar-refractivity contribution in [1.29, 1.82) is 0 Å². The molecule has 1 heterocycles. The molecule has 0 spiro atoms. The third-order valence-electron chi connectivity index (χ3n) is 3.86. The number of aliphatic carboxylic acids is 1. The average Bonchev–Trinajstić information content (AvgIpc) is 2.62. The zero-order valence-electron chi connectivity index (χ0n) is 11.0. The quantitative estimate of drug-likeness (QED) is 0.716. The Morgan fingerprint density at radius 2 is 1.70 bits per heavy atom. The van der Waals surface area contributed by atoms with Crippen LogP contribution in [0.25, 0.3) is 0 Å². The molecule has 2 atom stereocenters. The number of hydrogen-bond donors (Lipinski definition) is 3. The third kappa shape index (κ3) is 3.01. The molecule has 4 N–H and O–H groups in total. The molecule has 1 saturated heterocycles. The molecule has 0 aliphatic carbocycles. The van der Waals surface area contributed by atoms with Crippen LogP contribution < -0.4 is 5.73 Å². The minimum atomic E-state index is -0.993. The molecular weight excluding hydrogens is 260 g/mol. The predicted octanol–water partition coefficient (Wildman–Crippen LogP) is 1.83. The molecule has 1 aliphatic heterocycles. The molecule has 1 fully saturated rings. The van der Waals surface area contributed by atoms with Crippen molar-refractivity contribution in [1.82, 2.24) is 4.90 Å². The maximum absolute atomic E-state index is 11.4. The fourth-order valence-corrected chi connectivity index (χ4v) is 2.73. The van der Waals surface area contributed by atoms with Crippen LogP contribution in [0.4, 0.5) is 10.5 Å². The lowest BCUT2D eigenvalue weighted by Gasteiger charge is -2.21. The van der Waals surface area contributed by atoms with E-state index in [1.54, 1.807) is 12.1 Å². The number of nitrogens with zero attached hydrogens (tertiary/aromatic N) is 1. The van der Waals surface area contributed by atoms with E-state index < -0.39 is 18.0 Å². The molecule has 0 bridgehead atoms. The van der Waals surface area contributed by atoms with Gasteiger partial charge in [-0.3, -0.25) is 4.79 Å². The lowest BCUT2D eigenvalue weighted by molar-refractivity contribution is -0.142. The monoisotopic (exact) mass is 278 g/mol. The third-order valence-corrected chi connectivity index (χ3v) is 3.86. The van der Waals surface area contributed by atoms with E-state index in [0.717, 1.165) is 5.56 Å². The summed E-state index contributed by atoms with van der Waals surface area (Å²) in [5, 5.41) is 18.4. The van der Waals surface area contributed by atoms with Crippen LogP contribution in [-0.2, 0) is 4.79 Å². The molecule has 0 unspecified atom stereocenters. The van der Waals surface area contributed by atoms with Gasteiger partial charge in [-0.05, 0) is 36.5 Å². The van der Waals surface area contributed by atoms with Crippen molar-refractivity contribution in [2.45, 2.75) is 18.8 Å². The first-order chi connectivity index (χ1) is 9.49. The molecule has 0 radical (unpaired) electrons. The number of carboxylic acids is 1. The largest absolute Gasteiger partial charge is 0.481 e.